The first kappa shape index (κ1) is 10.7. The molecule has 0 aromatic carbocycles. The van der Waals surface area contributed by atoms with Gasteiger partial charge >= 0.3 is 6.09 Å². The van der Waals surface area contributed by atoms with Gasteiger partial charge in [-0.3, -0.25) is 4.90 Å². The lowest BCUT2D eigenvalue weighted by atomic mass is 9.96. The second-order valence-corrected chi connectivity index (χ2v) is 4.50. The quantitative estimate of drug-likeness (QED) is 0.668. The van der Waals surface area contributed by atoms with Crippen LogP contribution in [0, 0.1) is 5.92 Å². The molecule has 2 saturated heterocycles. The maximum absolute atomic E-state index is 10.8. The van der Waals surface area contributed by atoms with Crippen molar-refractivity contribution in [2.45, 2.75) is 25.6 Å². The van der Waals surface area contributed by atoms with Gasteiger partial charge in [0.25, 0.3) is 0 Å². The minimum absolute atomic E-state index is 0.0278. The summed E-state index contributed by atoms with van der Waals surface area (Å²) >= 11 is 0. The summed E-state index contributed by atoms with van der Waals surface area (Å²) in [7, 11) is 0. The van der Waals surface area contributed by atoms with Gasteiger partial charge in [0.1, 0.15) is 6.10 Å². The molecule has 2 aliphatic heterocycles. The van der Waals surface area contributed by atoms with Gasteiger partial charge in [0, 0.05) is 19.6 Å². The van der Waals surface area contributed by atoms with Gasteiger partial charge in [-0.25, -0.2) is 4.79 Å². The van der Waals surface area contributed by atoms with E-state index in [1.165, 1.54) is 0 Å². The van der Waals surface area contributed by atoms with Crippen molar-refractivity contribution in [3.8, 4) is 0 Å². The lowest BCUT2D eigenvalue weighted by Gasteiger charge is -2.35. The summed E-state index contributed by atoms with van der Waals surface area (Å²) in [4.78, 5) is 13.1. The summed E-state index contributed by atoms with van der Waals surface area (Å²) in [6.07, 6.45) is 0.297. The minimum Gasteiger partial charge on any atom is -0.443 e. The molecule has 2 heterocycles. The van der Waals surface area contributed by atoms with Crippen LogP contribution in [0.15, 0.2) is 0 Å². The zero-order valence-corrected chi connectivity index (χ0v) is 8.98. The van der Waals surface area contributed by atoms with E-state index in [9.17, 15) is 9.90 Å². The second kappa shape index (κ2) is 4.37. The maximum Gasteiger partial charge on any atom is 0.407 e. The molecule has 0 aromatic rings. The Morgan fingerprint density at radius 3 is 3.07 bits per heavy atom. The van der Waals surface area contributed by atoms with Crippen LogP contribution < -0.4 is 5.32 Å². The average molecular weight is 214 g/mol. The fourth-order valence-corrected chi connectivity index (χ4v) is 2.21. The number of hydrogen-bond acceptors (Lipinski definition) is 4. The number of cyclic esters (lactones) is 1. The molecule has 0 aromatic heterocycles. The predicted molar refractivity (Wildman–Crippen MR) is 54.5 cm³/mol. The Morgan fingerprint density at radius 2 is 2.47 bits per heavy atom. The number of carbonyl (C=O) groups excluding carboxylic acids is 1. The summed E-state index contributed by atoms with van der Waals surface area (Å²) in [6, 6.07) is 0. The van der Waals surface area contributed by atoms with Crippen molar-refractivity contribution < 1.29 is 14.6 Å². The average Bonchev–Trinajstić information content (AvgIpc) is 2.58. The number of piperidine rings is 1. The Labute approximate surface area is 89.4 Å². The molecule has 3 unspecified atom stereocenters. The second-order valence-electron chi connectivity index (χ2n) is 4.50. The van der Waals surface area contributed by atoms with Crippen LogP contribution in [0.3, 0.4) is 0 Å². The fraction of sp³-hybridized carbons (Fsp3) is 0.900. The summed E-state index contributed by atoms with van der Waals surface area (Å²) in [5.74, 6) is 0.309. The smallest absolute Gasteiger partial charge is 0.407 e. The molecule has 1 amide bonds. The monoisotopic (exact) mass is 214 g/mol. The predicted octanol–water partition coefficient (Wildman–Crippen LogP) is -0.203. The van der Waals surface area contributed by atoms with Crippen molar-refractivity contribution in [2.24, 2.45) is 5.92 Å². The Morgan fingerprint density at radius 1 is 1.67 bits per heavy atom. The molecule has 5 heteroatoms. The molecule has 2 rings (SSSR count). The number of amides is 1. The van der Waals surface area contributed by atoms with Gasteiger partial charge in [0.05, 0.1) is 12.6 Å². The number of rotatable bonds is 2. The summed E-state index contributed by atoms with van der Waals surface area (Å²) in [6.45, 7) is 5.20. The van der Waals surface area contributed by atoms with Crippen LogP contribution >= 0.6 is 0 Å². The van der Waals surface area contributed by atoms with Crippen LogP contribution in [0.2, 0.25) is 0 Å². The van der Waals surface area contributed by atoms with Crippen molar-refractivity contribution in [3.05, 3.63) is 0 Å². The minimum atomic E-state index is -0.315. The standard InChI is InChI=1S/C10H18N2O3/c1-7-5-12(3-2-9(7)13)6-8-4-11-10(14)15-8/h7-9,13H,2-6H2,1H3,(H,11,14). The molecule has 5 nitrogen and oxygen atoms in total. The van der Waals surface area contributed by atoms with Crippen molar-refractivity contribution in [1.29, 1.82) is 0 Å². The number of ether oxygens (including phenoxy) is 1. The fourth-order valence-electron chi connectivity index (χ4n) is 2.21. The lowest BCUT2D eigenvalue weighted by Crippen LogP contribution is -2.45. The third-order valence-electron chi connectivity index (χ3n) is 3.15. The SMILES string of the molecule is CC1CN(CC2CNC(=O)O2)CCC1O. The summed E-state index contributed by atoms with van der Waals surface area (Å²) in [5, 5.41) is 12.2. The zero-order valence-electron chi connectivity index (χ0n) is 8.98. The van der Waals surface area contributed by atoms with Crippen molar-refractivity contribution in [1.82, 2.24) is 10.2 Å². The van der Waals surface area contributed by atoms with Crippen LogP contribution in [0.4, 0.5) is 4.79 Å². The van der Waals surface area contributed by atoms with Crippen molar-refractivity contribution in [2.75, 3.05) is 26.2 Å². The highest BCUT2D eigenvalue weighted by atomic mass is 16.6. The highest BCUT2D eigenvalue weighted by Crippen LogP contribution is 2.17. The number of carbonyl (C=O) groups is 1. The Hall–Kier alpha value is -0.810. The van der Waals surface area contributed by atoms with Gasteiger partial charge in [-0.2, -0.15) is 0 Å². The van der Waals surface area contributed by atoms with E-state index in [-0.39, 0.29) is 18.3 Å². The molecule has 86 valence electrons. The number of nitrogens with zero attached hydrogens (tertiary/aromatic N) is 1. The van der Waals surface area contributed by atoms with Crippen molar-refractivity contribution in [3.63, 3.8) is 0 Å². The molecule has 3 atom stereocenters. The molecule has 0 spiro atoms. The molecule has 0 saturated carbocycles. The first-order chi connectivity index (χ1) is 7.15. The van der Waals surface area contributed by atoms with Crippen LogP contribution in [0.25, 0.3) is 0 Å². The topological polar surface area (TPSA) is 61.8 Å². The Bertz CT molecular complexity index is 247. The van der Waals surface area contributed by atoms with Crippen LogP contribution in [0.1, 0.15) is 13.3 Å². The normalized spacial score (nSPS) is 37.5. The van der Waals surface area contributed by atoms with Gasteiger partial charge < -0.3 is 15.2 Å². The van der Waals surface area contributed by atoms with Crippen LogP contribution in [-0.2, 0) is 4.74 Å². The van der Waals surface area contributed by atoms with E-state index in [4.69, 9.17) is 4.74 Å². The highest BCUT2D eigenvalue weighted by molar-refractivity contribution is 5.69. The van der Waals surface area contributed by atoms with E-state index in [0.29, 0.717) is 12.5 Å². The number of aliphatic hydroxyl groups excluding tert-OH is 1. The van der Waals surface area contributed by atoms with Crippen LogP contribution in [0.5, 0.6) is 0 Å². The summed E-state index contributed by atoms with van der Waals surface area (Å²) in [5.41, 5.74) is 0. The molecule has 2 N–H and O–H groups in total. The Balaban J connectivity index is 1.78. The largest absolute Gasteiger partial charge is 0.443 e. The number of likely N-dealkylation sites (tertiary alicyclic amines) is 1. The molecular weight excluding hydrogens is 196 g/mol. The van der Waals surface area contributed by atoms with Gasteiger partial charge in [-0.15, -0.1) is 0 Å². The molecule has 0 bridgehead atoms. The molecule has 15 heavy (non-hydrogen) atoms. The van der Waals surface area contributed by atoms with Gasteiger partial charge in [0.15, 0.2) is 0 Å². The summed E-state index contributed by atoms with van der Waals surface area (Å²) < 4.78 is 5.07. The van der Waals surface area contributed by atoms with Gasteiger partial charge in [-0.05, 0) is 12.3 Å². The van der Waals surface area contributed by atoms with E-state index in [0.717, 1.165) is 26.1 Å². The Kier molecular flexibility index (Phi) is 3.11. The van der Waals surface area contributed by atoms with E-state index in [1.54, 1.807) is 0 Å². The number of nitrogens with one attached hydrogen (secondary N) is 1. The third-order valence-corrected chi connectivity index (χ3v) is 3.15. The first-order valence-corrected chi connectivity index (χ1v) is 5.50. The maximum atomic E-state index is 10.8. The zero-order chi connectivity index (χ0) is 10.8. The highest BCUT2D eigenvalue weighted by Gasteiger charge is 2.29. The molecule has 0 aliphatic carbocycles. The van der Waals surface area contributed by atoms with Gasteiger partial charge in [-0.1, -0.05) is 6.92 Å². The third kappa shape index (κ3) is 2.60. The number of aliphatic hydroxyl groups is 1. The van der Waals surface area contributed by atoms with E-state index >= 15 is 0 Å². The van der Waals surface area contributed by atoms with Gasteiger partial charge in [0.2, 0.25) is 0 Å². The van der Waals surface area contributed by atoms with Crippen molar-refractivity contribution >= 4 is 6.09 Å². The number of hydrogen-bond donors (Lipinski definition) is 2. The van der Waals surface area contributed by atoms with E-state index in [1.807, 2.05) is 0 Å². The molecule has 2 fully saturated rings. The molecular formula is C10H18N2O3. The van der Waals surface area contributed by atoms with Crippen LogP contribution in [-0.4, -0.2) is 54.5 Å². The van der Waals surface area contributed by atoms with E-state index < -0.39 is 0 Å². The lowest BCUT2D eigenvalue weighted by molar-refractivity contribution is 0.0187. The number of alkyl carbamates (subject to hydrolysis) is 1. The molecule has 0 radical (unpaired) electrons. The molecule has 2 aliphatic rings. The first-order valence-electron chi connectivity index (χ1n) is 5.50. The van der Waals surface area contributed by atoms with E-state index in [2.05, 4.69) is 17.1 Å².